The van der Waals surface area contributed by atoms with Gasteiger partial charge < -0.3 is 9.47 Å². The molecule has 1 rings (SSSR count). The number of aromatic nitrogens is 1. The molecule has 6 heteroatoms. The summed E-state index contributed by atoms with van der Waals surface area (Å²) in [5.74, 6) is 0. The number of hydrogen-bond donors (Lipinski definition) is 1. The van der Waals surface area contributed by atoms with Crippen molar-refractivity contribution in [2.24, 2.45) is 0 Å². The fraction of sp³-hybridized carbons (Fsp3) is 0.600. The summed E-state index contributed by atoms with van der Waals surface area (Å²) in [6, 6.07) is 0. The molecule has 0 aliphatic carbocycles. The van der Waals surface area contributed by atoms with Crippen LogP contribution in [0.3, 0.4) is 0 Å². The average molecular weight is 244 g/mol. The predicted molar refractivity (Wildman–Crippen MR) is 61.2 cm³/mol. The highest BCUT2D eigenvalue weighted by molar-refractivity contribution is 7.09. The summed E-state index contributed by atoms with van der Waals surface area (Å²) in [6.07, 6.45) is 0.576. The van der Waals surface area contributed by atoms with E-state index in [1.54, 1.807) is 27.0 Å². The molecular formula is C10H16N2O3S. The van der Waals surface area contributed by atoms with Crippen LogP contribution in [0.5, 0.6) is 0 Å². The number of hydrogen-bond acceptors (Lipinski definition) is 5. The van der Waals surface area contributed by atoms with Crippen molar-refractivity contribution in [3.05, 3.63) is 16.6 Å². The van der Waals surface area contributed by atoms with Gasteiger partial charge in [-0.3, -0.25) is 5.32 Å². The Hall–Kier alpha value is -1.14. The topological polar surface area (TPSA) is 60.5 Å². The van der Waals surface area contributed by atoms with Crippen LogP contribution < -0.4 is 5.32 Å². The quantitative estimate of drug-likeness (QED) is 0.829. The zero-order chi connectivity index (χ0) is 12.2. The van der Waals surface area contributed by atoms with Gasteiger partial charge in [0.25, 0.3) is 0 Å². The summed E-state index contributed by atoms with van der Waals surface area (Å²) in [6.45, 7) is 5.41. The van der Waals surface area contributed by atoms with E-state index in [1.807, 2.05) is 5.38 Å². The van der Waals surface area contributed by atoms with E-state index in [0.29, 0.717) is 5.01 Å². The summed E-state index contributed by atoms with van der Waals surface area (Å²) in [7, 11) is 1.50. The van der Waals surface area contributed by atoms with Crippen LogP contribution in [0.15, 0.2) is 11.6 Å². The van der Waals surface area contributed by atoms with Gasteiger partial charge in [-0.05, 0) is 20.8 Å². The van der Waals surface area contributed by atoms with E-state index in [9.17, 15) is 4.79 Å². The molecule has 0 saturated heterocycles. The highest BCUT2D eigenvalue weighted by atomic mass is 32.1. The van der Waals surface area contributed by atoms with Gasteiger partial charge in [0.15, 0.2) is 6.23 Å². The average Bonchev–Trinajstić information content (AvgIpc) is 2.63. The maximum Gasteiger partial charge on any atom is 0.410 e. The first kappa shape index (κ1) is 12.9. The van der Waals surface area contributed by atoms with E-state index >= 15 is 0 Å². The van der Waals surface area contributed by atoms with Gasteiger partial charge in [-0.25, -0.2) is 9.78 Å². The molecule has 1 amide bonds. The van der Waals surface area contributed by atoms with Crippen LogP contribution in [-0.2, 0) is 9.47 Å². The molecule has 1 aromatic rings. The van der Waals surface area contributed by atoms with Gasteiger partial charge in [-0.1, -0.05) is 0 Å². The van der Waals surface area contributed by atoms with Gasteiger partial charge in [-0.2, -0.15) is 0 Å². The third kappa shape index (κ3) is 4.16. The molecule has 1 atom stereocenters. The van der Waals surface area contributed by atoms with Crippen molar-refractivity contribution in [1.82, 2.24) is 10.3 Å². The lowest BCUT2D eigenvalue weighted by molar-refractivity contribution is 0.0231. The lowest BCUT2D eigenvalue weighted by Gasteiger charge is -2.22. The molecule has 0 radical (unpaired) electrons. The number of nitrogens with one attached hydrogen (secondary N) is 1. The Morgan fingerprint density at radius 1 is 1.56 bits per heavy atom. The Morgan fingerprint density at radius 3 is 2.69 bits per heavy atom. The number of nitrogens with zero attached hydrogens (tertiary/aromatic N) is 1. The molecule has 1 N–H and O–H groups in total. The van der Waals surface area contributed by atoms with Crippen molar-refractivity contribution in [3.8, 4) is 0 Å². The van der Waals surface area contributed by atoms with Crippen molar-refractivity contribution in [1.29, 1.82) is 0 Å². The van der Waals surface area contributed by atoms with Crippen LogP contribution in [0.1, 0.15) is 32.0 Å². The van der Waals surface area contributed by atoms with Crippen molar-refractivity contribution >= 4 is 17.4 Å². The molecular weight excluding hydrogens is 228 g/mol. The molecule has 5 nitrogen and oxygen atoms in total. The van der Waals surface area contributed by atoms with Crippen molar-refractivity contribution in [2.45, 2.75) is 32.6 Å². The Balaban J connectivity index is 2.55. The first-order valence-corrected chi connectivity index (χ1v) is 5.72. The second-order valence-corrected chi connectivity index (χ2v) is 5.06. The van der Waals surface area contributed by atoms with E-state index in [-0.39, 0.29) is 0 Å². The lowest BCUT2D eigenvalue weighted by Crippen LogP contribution is -2.35. The number of methoxy groups -OCH3 is 1. The number of thiazole rings is 1. The molecule has 0 bridgehead atoms. The maximum atomic E-state index is 11.5. The summed E-state index contributed by atoms with van der Waals surface area (Å²) in [5.41, 5.74) is -0.523. The molecule has 0 fully saturated rings. The normalized spacial score (nSPS) is 13.2. The van der Waals surface area contributed by atoms with Crippen LogP contribution in [0.4, 0.5) is 4.79 Å². The lowest BCUT2D eigenvalue weighted by atomic mass is 10.2. The largest absolute Gasteiger partial charge is 0.444 e. The van der Waals surface area contributed by atoms with Crippen molar-refractivity contribution < 1.29 is 14.3 Å². The Bertz CT molecular complexity index is 332. The van der Waals surface area contributed by atoms with Crippen LogP contribution in [-0.4, -0.2) is 23.8 Å². The number of carbonyl (C=O) groups excluding carboxylic acids is 1. The van der Waals surface area contributed by atoms with E-state index in [0.717, 1.165) is 0 Å². The molecule has 16 heavy (non-hydrogen) atoms. The molecule has 1 heterocycles. The SMILES string of the molecule is COC(NC(=O)OC(C)(C)C)c1nccs1. The van der Waals surface area contributed by atoms with Crippen LogP contribution >= 0.6 is 11.3 Å². The fourth-order valence-electron chi connectivity index (χ4n) is 1.00. The molecule has 0 spiro atoms. The zero-order valence-corrected chi connectivity index (χ0v) is 10.6. The number of ether oxygens (including phenoxy) is 2. The summed E-state index contributed by atoms with van der Waals surface area (Å²) < 4.78 is 10.2. The van der Waals surface area contributed by atoms with Crippen molar-refractivity contribution in [2.75, 3.05) is 7.11 Å². The molecule has 0 saturated carbocycles. The Kier molecular flexibility index (Phi) is 4.26. The molecule has 1 unspecified atom stereocenters. The summed E-state index contributed by atoms with van der Waals surface area (Å²) in [5, 5.41) is 5.10. The number of amides is 1. The number of rotatable bonds is 3. The van der Waals surface area contributed by atoms with Gasteiger partial charge in [0.2, 0.25) is 0 Å². The molecule has 1 aromatic heterocycles. The van der Waals surface area contributed by atoms with Gasteiger partial charge in [0, 0.05) is 18.7 Å². The summed E-state index contributed by atoms with van der Waals surface area (Å²) >= 11 is 1.41. The molecule has 0 aliphatic heterocycles. The van der Waals surface area contributed by atoms with E-state index in [1.165, 1.54) is 18.4 Å². The third-order valence-electron chi connectivity index (χ3n) is 1.56. The first-order valence-electron chi connectivity index (χ1n) is 4.84. The van der Waals surface area contributed by atoms with E-state index in [4.69, 9.17) is 9.47 Å². The minimum atomic E-state index is -0.560. The van der Waals surface area contributed by atoms with Crippen LogP contribution in [0.2, 0.25) is 0 Å². The first-order chi connectivity index (χ1) is 7.42. The van der Waals surface area contributed by atoms with E-state index < -0.39 is 17.9 Å². The maximum absolute atomic E-state index is 11.5. The monoisotopic (exact) mass is 244 g/mol. The summed E-state index contributed by atoms with van der Waals surface area (Å²) in [4.78, 5) is 15.5. The Labute approximate surface area is 98.8 Å². The third-order valence-corrected chi connectivity index (χ3v) is 2.38. The standard InChI is InChI=1S/C10H16N2O3S/c1-10(2,3)15-9(13)12-7(14-4)8-11-5-6-16-8/h5-7H,1-4H3,(H,12,13). The number of alkyl carbamates (subject to hydrolysis) is 1. The Morgan fingerprint density at radius 2 is 2.25 bits per heavy atom. The van der Waals surface area contributed by atoms with Crippen LogP contribution in [0.25, 0.3) is 0 Å². The van der Waals surface area contributed by atoms with Gasteiger partial charge in [-0.15, -0.1) is 11.3 Å². The van der Waals surface area contributed by atoms with E-state index in [2.05, 4.69) is 10.3 Å². The molecule has 90 valence electrons. The second-order valence-electron chi connectivity index (χ2n) is 4.13. The van der Waals surface area contributed by atoms with Gasteiger partial charge >= 0.3 is 6.09 Å². The van der Waals surface area contributed by atoms with Gasteiger partial charge in [0.1, 0.15) is 10.6 Å². The minimum Gasteiger partial charge on any atom is -0.444 e. The predicted octanol–water partition coefficient (Wildman–Crippen LogP) is 2.31. The minimum absolute atomic E-state index is 0.519. The molecule has 0 aliphatic rings. The molecule has 0 aromatic carbocycles. The van der Waals surface area contributed by atoms with Crippen LogP contribution in [0, 0.1) is 0 Å². The zero-order valence-electron chi connectivity index (χ0n) is 9.81. The number of carbonyl (C=O) groups is 1. The van der Waals surface area contributed by atoms with Crippen molar-refractivity contribution in [3.63, 3.8) is 0 Å². The highest BCUT2D eigenvalue weighted by Gasteiger charge is 2.21. The smallest absolute Gasteiger partial charge is 0.410 e. The fourth-order valence-corrected chi connectivity index (χ4v) is 1.66. The second kappa shape index (κ2) is 5.27. The van der Waals surface area contributed by atoms with Gasteiger partial charge in [0.05, 0.1) is 0 Å². The highest BCUT2D eigenvalue weighted by Crippen LogP contribution is 2.17.